The van der Waals surface area contributed by atoms with Crippen molar-refractivity contribution in [2.75, 3.05) is 6.54 Å². The molecule has 0 fully saturated rings. The normalized spacial score (nSPS) is 11.0. The van der Waals surface area contributed by atoms with Crippen LogP contribution in [0.25, 0.3) is 5.82 Å². The lowest BCUT2D eigenvalue weighted by molar-refractivity contribution is 0.626. The van der Waals surface area contributed by atoms with E-state index < -0.39 is 0 Å². The van der Waals surface area contributed by atoms with E-state index in [1.54, 1.807) is 29.2 Å². The van der Waals surface area contributed by atoms with Gasteiger partial charge in [0.1, 0.15) is 5.82 Å². The van der Waals surface area contributed by atoms with Gasteiger partial charge in [-0.25, -0.2) is 19.0 Å². The summed E-state index contributed by atoms with van der Waals surface area (Å²) in [5, 5.41) is 10.6. The van der Waals surface area contributed by atoms with E-state index in [9.17, 15) is 4.39 Å². The standard InChI is InChI=1S/C19H21FN6.HI/c1-2-21-19(23-13-15-4-6-17(20)7-5-15)24-14-16-8-10-22-18(12-16)26-11-3-9-25-26;/h3-12H,2,13-14H2,1H3,(H2,21,23,24);1H. The summed E-state index contributed by atoms with van der Waals surface area (Å²) < 4.78 is 14.7. The highest BCUT2D eigenvalue weighted by Gasteiger charge is 2.02. The zero-order valence-electron chi connectivity index (χ0n) is 15.0. The predicted octanol–water partition coefficient (Wildman–Crippen LogP) is 3.28. The van der Waals surface area contributed by atoms with Crippen molar-refractivity contribution in [1.82, 2.24) is 25.4 Å². The molecule has 142 valence electrons. The van der Waals surface area contributed by atoms with E-state index in [-0.39, 0.29) is 29.8 Å². The Bertz CT molecular complexity index is 849. The number of nitrogens with one attached hydrogen (secondary N) is 2. The molecule has 0 aliphatic carbocycles. The molecule has 0 saturated heterocycles. The summed E-state index contributed by atoms with van der Waals surface area (Å²) in [5.41, 5.74) is 2.02. The summed E-state index contributed by atoms with van der Waals surface area (Å²) in [6.45, 7) is 3.85. The van der Waals surface area contributed by atoms with E-state index in [0.29, 0.717) is 19.0 Å². The van der Waals surface area contributed by atoms with Crippen molar-refractivity contribution in [3.63, 3.8) is 0 Å². The molecule has 0 aliphatic heterocycles. The Morgan fingerprint density at radius 2 is 1.93 bits per heavy atom. The van der Waals surface area contributed by atoms with E-state index in [1.165, 1.54) is 12.1 Å². The fourth-order valence-electron chi connectivity index (χ4n) is 2.39. The average molecular weight is 480 g/mol. The highest BCUT2D eigenvalue weighted by molar-refractivity contribution is 14.0. The third-order valence-corrected chi connectivity index (χ3v) is 3.69. The highest BCUT2D eigenvalue weighted by atomic mass is 127. The number of aliphatic imine (C=N–C) groups is 1. The van der Waals surface area contributed by atoms with E-state index in [0.717, 1.165) is 23.5 Å². The minimum Gasteiger partial charge on any atom is -0.357 e. The van der Waals surface area contributed by atoms with Crippen LogP contribution in [-0.2, 0) is 13.1 Å². The zero-order chi connectivity index (χ0) is 18.2. The Kier molecular flexibility index (Phi) is 8.18. The van der Waals surface area contributed by atoms with Gasteiger partial charge in [-0.3, -0.25) is 0 Å². The molecule has 0 unspecified atom stereocenters. The van der Waals surface area contributed by atoms with Crippen molar-refractivity contribution < 1.29 is 4.39 Å². The summed E-state index contributed by atoms with van der Waals surface area (Å²) in [6.07, 6.45) is 5.32. The second kappa shape index (κ2) is 10.6. The van der Waals surface area contributed by atoms with E-state index >= 15 is 0 Å². The maximum absolute atomic E-state index is 13.0. The van der Waals surface area contributed by atoms with Crippen LogP contribution in [0.5, 0.6) is 0 Å². The molecule has 3 aromatic rings. The van der Waals surface area contributed by atoms with Crippen molar-refractivity contribution in [2.45, 2.75) is 20.0 Å². The number of pyridine rings is 1. The first-order chi connectivity index (χ1) is 12.7. The summed E-state index contributed by atoms with van der Waals surface area (Å²) in [6, 6.07) is 12.2. The number of nitrogens with zero attached hydrogens (tertiary/aromatic N) is 4. The van der Waals surface area contributed by atoms with Gasteiger partial charge in [0, 0.05) is 31.7 Å². The SMILES string of the molecule is CCNC(=NCc1ccnc(-n2cccn2)c1)NCc1ccc(F)cc1.I. The average Bonchev–Trinajstić information content (AvgIpc) is 3.20. The maximum atomic E-state index is 13.0. The van der Waals surface area contributed by atoms with Crippen molar-refractivity contribution >= 4 is 29.9 Å². The number of benzene rings is 1. The van der Waals surface area contributed by atoms with Gasteiger partial charge >= 0.3 is 0 Å². The van der Waals surface area contributed by atoms with Crippen molar-refractivity contribution in [2.24, 2.45) is 4.99 Å². The molecule has 0 amide bonds. The molecule has 27 heavy (non-hydrogen) atoms. The number of guanidine groups is 1. The van der Waals surface area contributed by atoms with Crippen molar-refractivity contribution in [3.8, 4) is 5.82 Å². The lowest BCUT2D eigenvalue weighted by Gasteiger charge is -2.11. The monoisotopic (exact) mass is 480 g/mol. The molecule has 1 aromatic carbocycles. The van der Waals surface area contributed by atoms with Crippen LogP contribution in [-0.4, -0.2) is 27.3 Å². The van der Waals surface area contributed by atoms with Crippen LogP contribution in [0.1, 0.15) is 18.1 Å². The van der Waals surface area contributed by atoms with E-state index in [2.05, 4.69) is 25.7 Å². The fraction of sp³-hybridized carbons (Fsp3) is 0.211. The lowest BCUT2D eigenvalue weighted by Crippen LogP contribution is -2.36. The van der Waals surface area contributed by atoms with Gasteiger partial charge in [0.05, 0.1) is 6.54 Å². The molecule has 0 spiro atoms. The van der Waals surface area contributed by atoms with Crippen LogP contribution in [0.4, 0.5) is 4.39 Å². The van der Waals surface area contributed by atoms with Gasteiger partial charge in [-0.15, -0.1) is 24.0 Å². The Morgan fingerprint density at radius 1 is 1.11 bits per heavy atom. The number of halogens is 2. The fourth-order valence-corrected chi connectivity index (χ4v) is 2.39. The maximum Gasteiger partial charge on any atom is 0.191 e. The zero-order valence-corrected chi connectivity index (χ0v) is 17.3. The first-order valence-corrected chi connectivity index (χ1v) is 8.46. The van der Waals surface area contributed by atoms with Crippen LogP contribution in [0.2, 0.25) is 0 Å². The molecule has 2 heterocycles. The molecule has 0 saturated carbocycles. The summed E-state index contributed by atoms with van der Waals surface area (Å²) >= 11 is 0. The van der Waals surface area contributed by atoms with Gasteiger partial charge in [0.25, 0.3) is 0 Å². The molecular formula is C19H22FIN6. The van der Waals surface area contributed by atoms with Gasteiger partial charge in [0.15, 0.2) is 11.8 Å². The highest BCUT2D eigenvalue weighted by Crippen LogP contribution is 2.07. The van der Waals surface area contributed by atoms with Gasteiger partial charge in [-0.05, 0) is 48.4 Å². The van der Waals surface area contributed by atoms with Crippen LogP contribution < -0.4 is 10.6 Å². The number of aromatic nitrogens is 3. The Hall–Kier alpha value is -2.49. The molecular weight excluding hydrogens is 458 g/mol. The molecule has 2 N–H and O–H groups in total. The minimum atomic E-state index is -0.236. The van der Waals surface area contributed by atoms with Gasteiger partial charge < -0.3 is 10.6 Å². The lowest BCUT2D eigenvalue weighted by atomic mass is 10.2. The van der Waals surface area contributed by atoms with Crippen molar-refractivity contribution in [3.05, 3.63) is 78.0 Å². The predicted molar refractivity (Wildman–Crippen MR) is 115 cm³/mol. The topological polar surface area (TPSA) is 67.1 Å². The summed E-state index contributed by atoms with van der Waals surface area (Å²) in [4.78, 5) is 8.92. The molecule has 0 radical (unpaired) electrons. The minimum absolute atomic E-state index is 0. The Labute approximate surface area is 175 Å². The third kappa shape index (κ3) is 6.31. The second-order valence-corrected chi connectivity index (χ2v) is 5.65. The molecule has 8 heteroatoms. The van der Waals surface area contributed by atoms with Gasteiger partial charge in [-0.1, -0.05) is 12.1 Å². The van der Waals surface area contributed by atoms with Gasteiger partial charge in [0.2, 0.25) is 0 Å². The molecule has 0 aliphatic rings. The quantitative estimate of drug-likeness (QED) is 0.323. The van der Waals surface area contributed by atoms with Crippen LogP contribution in [0.3, 0.4) is 0 Å². The molecule has 6 nitrogen and oxygen atoms in total. The van der Waals surface area contributed by atoms with Crippen molar-refractivity contribution in [1.29, 1.82) is 0 Å². The first kappa shape index (κ1) is 20.8. The Morgan fingerprint density at radius 3 is 2.63 bits per heavy atom. The summed E-state index contributed by atoms with van der Waals surface area (Å²) in [5.74, 6) is 1.22. The molecule has 0 bridgehead atoms. The number of hydrogen-bond acceptors (Lipinski definition) is 3. The number of rotatable bonds is 6. The largest absolute Gasteiger partial charge is 0.357 e. The first-order valence-electron chi connectivity index (χ1n) is 8.46. The molecule has 0 atom stereocenters. The van der Waals surface area contributed by atoms with E-state index in [1.807, 2.05) is 31.3 Å². The summed E-state index contributed by atoms with van der Waals surface area (Å²) in [7, 11) is 0. The number of hydrogen-bond donors (Lipinski definition) is 2. The molecule has 3 rings (SSSR count). The third-order valence-electron chi connectivity index (χ3n) is 3.69. The Balaban J connectivity index is 0.00000261. The van der Waals surface area contributed by atoms with Crippen LogP contribution in [0, 0.1) is 5.82 Å². The smallest absolute Gasteiger partial charge is 0.191 e. The van der Waals surface area contributed by atoms with Gasteiger partial charge in [-0.2, -0.15) is 5.10 Å². The van der Waals surface area contributed by atoms with Crippen LogP contribution >= 0.6 is 24.0 Å². The second-order valence-electron chi connectivity index (χ2n) is 5.65. The van der Waals surface area contributed by atoms with E-state index in [4.69, 9.17) is 0 Å². The van der Waals surface area contributed by atoms with Crippen LogP contribution in [0.15, 0.2) is 66.0 Å². The molecule has 2 aromatic heterocycles.